The van der Waals surface area contributed by atoms with Crippen LogP contribution in [0.1, 0.15) is 42.1 Å². The maximum absolute atomic E-state index is 6.37. The Morgan fingerprint density at radius 2 is 2.00 bits per heavy atom. The number of halogens is 2. The molecule has 0 aliphatic heterocycles. The van der Waals surface area contributed by atoms with Gasteiger partial charge in [-0.1, -0.05) is 42.0 Å². The van der Waals surface area contributed by atoms with Crippen LogP contribution in [0.2, 0.25) is 10.2 Å². The highest BCUT2D eigenvalue weighted by Gasteiger charge is 2.16. The van der Waals surface area contributed by atoms with Crippen molar-refractivity contribution in [2.45, 2.75) is 40.2 Å². The Kier molecular flexibility index (Phi) is 5.36. The predicted molar refractivity (Wildman–Crippen MR) is 107 cm³/mol. The van der Waals surface area contributed by atoms with Crippen molar-refractivity contribution >= 4 is 40.2 Å². The Morgan fingerprint density at radius 1 is 1.23 bits per heavy atom. The number of aromatic nitrogens is 4. The molecule has 0 aromatic carbocycles. The monoisotopic (exact) mass is 387 g/mol. The second-order valence-electron chi connectivity index (χ2n) is 6.12. The average Bonchev–Trinajstić information content (AvgIpc) is 2.93. The highest BCUT2D eigenvalue weighted by molar-refractivity contribution is 6.34. The minimum Gasteiger partial charge on any atom is -0.368 e. The number of pyridine rings is 1. The number of unbranched alkanes of at least 4 members (excludes halogenated alkanes) is 1. The van der Waals surface area contributed by atoms with Crippen LogP contribution < -0.4 is 5.73 Å². The molecule has 0 saturated heterocycles. The normalized spacial score (nSPS) is 10.8. The van der Waals surface area contributed by atoms with Crippen LogP contribution in [0.3, 0.4) is 0 Å². The Morgan fingerprint density at radius 3 is 2.73 bits per heavy atom. The van der Waals surface area contributed by atoms with Gasteiger partial charge >= 0.3 is 0 Å². The number of rotatable bonds is 3. The quantitative estimate of drug-likeness (QED) is 0.529. The third-order valence-electron chi connectivity index (χ3n) is 4.13. The van der Waals surface area contributed by atoms with E-state index in [1.807, 2.05) is 24.6 Å². The lowest BCUT2D eigenvalue weighted by Crippen LogP contribution is -2.06. The molecule has 26 heavy (non-hydrogen) atoms. The minimum absolute atomic E-state index is 0.126. The highest BCUT2D eigenvalue weighted by atomic mass is 35.5. The van der Waals surface area contributed by atoms with Gasteiger partial charge in [0, 0.05) is 23.8 Å². The molecular formula is C19H19Cl2N5. The fourth-order valence-corrected chi connectivity index (χ4v) is 3.16. The largest absolute Gasteiger partial charge is 0.368 e. The van der Waals surface area contributed by atoms with Gasteiger partial charge in [-0.15, -0.1) is 0 Å². The van der Waals surface area contributed by atoms with Gasteiger partial charge in [-0.3, -0.25) is 4.98 Å². The molecule has 0 saturated carbocycles. The van der Waals surface area contributed by atoms with Crippen LogP contribution in [0, 0.1) is 25.7 Å². The molecule has 3 rings (SSSR count). The van der Waals surface area contributed by atoms with Crippen LogP contribution in [0.25, 0.3) is 11.0 Å². The van der Waals surface area contributed by atoms with E-state index in [9.17, 15) is 0 Å². The van der Waals surface area contributed by atoms with E-state index in [0.29, 0.717) is 22.7 Å². The van der Waals surface area contributed by atoms with Crippen molar-refractivity contribution in [1.29, 1.82) is 0 Å². The van der Waals surface area contributed by atoms with Crippen LogP contribution in [-0.2, 0) is 6.54 Å². The molecule has 2 N–H and O–H groups in total. The Balaban J connectivity index is 2.15. The van der Waals surface area contributed by atoms with Gasteiger partial charge in [-0.25, -0.2) is 4.98 Å². The Bertz CT molecular complexity index is 1040. The Labute approximate surface area is 162 Å². The zero-order chi connectivity index (χ0) is 18.8. The van der Waals surface area contributed by atoms with E-state index in [-0.39, 0.29) is 5.95 Å². The van der Waals surface area contributed by atoms with Gasteiger partial charge < -0.3 is 10.3 Å². The fourth-order valence-electron chi connectivity index (χ4n) is 2.73. The van der Waals surface area contributed by atoms with Crippen molar-refractivity contribution < 1.29 is 0 Å². The van der Waals surface area contributed by atoms with E-state index < -0.39 is 0 Å². The molecule has 3 heterocycles. The van der Waals surface area contributed by atoms with E-state index in [0.717, 1.165) is 40.2 Å². The number of fused-ring (bicyclic) bond motifs is 1. The maximum Gasteiger partial charge on any atom is 0.223 e. The molecule has 134 valence electrons. The van der Waals surface area contributed by atoms with E-state index in [1.165, 1.54) is 0 Å². The van der Waals surface area contributed by atoms with E-state index in [2.05, 4.69) is 33.7 Å². The molecule has 0 aliphatic carbocycles. The Hall–Kier alpha value is -2.29. The van der Waals surface area contributed by atoms with Gasteiger partial charge in [-0.2, -0.15) is 4.98 Å². The first kappa shape index (κ1) is 18.5. The molecule has 7 heteroatoms. The van der Waals surface area contributed by atoms with Crippen LogP contribution in [-0.4, -0.2) is 19.5 Å². The van der Waals surface area contributed by atoms with Crippen molar-refractivity contribution in [2.24, 2.45) is 0 Å². The van der Waals surface area contributed by atoms with E-state index >= 15 is 0 Å². The summed E-state index contributed by atoms with van der Waals surface area (Å²) >= 11 is 12.7. The number of nitrogen functional groups attached to an aromatic ring is 1. The third kappa shape index (κ3) is 3.48. The molecular weight excluding hydrogens is 369 g/mol. The summed E-state index contributed by atoms with van der Waals surface area (Å²) in [5, 5.41) is 1.74. The van der Waals surface area contributed by atoms with E-state index in [4.69, 9.17) is 28.9 Å². The molecule has 0 fully saturated rings. The van der Waals surface area contributed by atoms with Crippen molar-refractivity contribution in [3.05, 3.63) is 45.0 Å². The zero-order valence-electron chi connectivity index (χ0n) is 14.9. The first-order chi connectivity index (χ1) is 12.4. The van der Waals surface area contributed by atoms with Gasteiger partial charge in [0.2, 0.25) is 5.95 Å². The lowest BCUT2D eigenvalue weighted by Gasteiger charge is -2.10. The summed E-state index contributed by atoms with van der Waals surface area (Å²) in [6.45, 7) is 6.48. The summed E-state index contributed by atoms with van der Waals surface area (Å²) in [7, 11) is 0. The first-order valence-corrected chi connectivity index (χ1v) is 9.09. The number of nitrogens with zero attached hydrogens (tertiary/aromatic N) is 4. The summed E-state index contributed by atoms with van der Waals surface area (Å²) < 4.78 is 1.94. The molecule has 0 bridgehead atoms. The summed E-state index contributed by atoms with van der Waals surface area (Å²) in [6.07, 6.45) is 5.50. The van der Waals surface area contributed by atoms with Crippen LogP contribution in [0.4, 0.5) is 5.95 Å². The summed E-state index contributed by atoms with van der Waals surface area (Å²) in [4.78, 5) is 13.0. The summed E-state index contributed by atoms with van der Waals surface area (Å²) in [5.41, 5.74) is 9.98. The number of nitrogens with two attached hydrogens (primary N) is 1. The molecule has 0 aliphatic rings. The number of aryl methyl sites for hydroxylation is 1. The second kappa shape index (κ2) is 7.53. The molecule has 0 amide bonds. The first-order valence-electron chi connectivity index (χ1n) is 8.33. The molecule has 0 spiro atoms. The minimum atomic E-state index is 0.126. The summed E-state index contributed by atoms with van der Waals surface area (Å²) in [5.74, 6) is 6.44. The highest BCUT2D eigenvalue weighted by Crippen LogP contribution is 2.28. The van der Waals surface area contributed by atoms with Crippen molar-refractivity contribution in [1.82, 2.24) is 19.5 Å². The SMILES string of the molecule is CCCC#Cc1cn(Cc2ncc(C)c(Cl)c2C)c2nc(N)nc(Cl)c12. The molecule has 0 atom stereocenters. The maximum atomic E-state index is 6.37. The number of hydrogen-bond donors (Lipinski definition) is 1. The topological polar surface area (TPSA) is 69.6 Å². The smallest absolute Gasteiger partial charge is 0.223 e. The fraction of sp³-hybridized carbons (Fsp3) is 0.316. The number of anilines is 1. The average molecular weight is 388 g/mol. The third-order valence-corrected chi connectivity index (χ3v) is 4.98. The molecule has 5 nitrogen and oxygen atoms in total. The van der Waals surface area contributed by atoms with Crippen LogP contribution in [0.5, 0.6) is 0 Å². The second-order valence-corrected chi connectivity index (χ2v) is 6.86. The lowest BCUT2D eigenvalue weighted by atomic mass is 10.1. The molecule has 0 unspecified atom stereocenters. The van der Waals surface area contributed by atoms with Crippen molar-refractivity contribution in [3.8, 4) is 11.8 Å². The van der Waals surface area contributed by atoms with Gasteiger partial charge in [0.15, 0.2) is 0 Å². The van der Waals surface area contributed by atoms with Gasteiger partial charge in [-0.05, 0) is 31.4 Å². The van der Waals surface area contributed by atoms with Gasteiger partial charge in [0.05, 0.1) is 23.2 Å². The van der Waals surface area contributed by atoms with Gasteiger partial charge in [0.25, 0.3) is 0 Å². The molecule has 3 aromatic heterocycles. The molecule has 0 radical (unpaired) electrons. The number of hydrogen-bond acceptors (Lipinski definition) is 4. The van der Waals surface area contributed by atoms with Crippen molar-refractivity contribution in [3.63, 3.8) is 0 Å². The van der Waals surface area contributed by atoms with Gasteiger partial charge in [0.1, 0.15) is 10.8 Å². The molecule has 3 aromatic rings. The standard InChI is InChI=1S/C19H19Cl2N5/c1-4-5-6-7-13-9-26(18-15(13)17(21)24-19(22)25-18)10-14-12(3)16(20)11(2)8-23-14/h8-9H,4-5,10H2,1-3H3,(H2,22,24,25). The van der Waals surface area contributed by atoms with E-state index in [1.54, 1.807) is 6.20 Å². The van der Waals surface area contributed by atoms with Crippen LogP contribution >= 0.6 is 23.2 Å². The lowest BCUT2D eigenvalue weighted by molar-refractivity contribution is 0.788. The predicted octanol–water partition coefficient (Wildman–Crippen LogP) is 4.53. The van der Waals surface area contributed by atoms with Crippen LogP contribution in [0.15, 0.2) is 12.4 Å². The zero-order valence-corrected chi connectivity index (χ0v) is 16.4. The summed E-state index contributed by atoms with van der Waals surface area (Å²) in [6, 6.07) is 0. The van der Waals surface area contributed by atoms with Crippen molar-refractivity contribution in [2.75, 3.05) is 5.73 Å².